The zero-order valence-corrected chi connectivity index (χ0v) is 19.4. The first-order valence-corrected chi connectivity index (χ1v) is 12.3. The van der Waals surface area contributed by atoms with E-state index in [4.69, 9.17) is 5.11 Å². The van der Waals surface area contributed by atoms with Gasteiger partial charge >= 0.3 is 0 Å². The summed E-state index contributed by atoms with van der Waals surface area (Å²) in [5.74, 6) is 0.570. The van der Waals surface area contributed by atoms with Crippen LogP contribution >= 0.6 is 0 Å². The van der Waals surface area contributed by atoms with Crippen molar-refractivity contribution in [2.75, 3.05) is 43.4 Å². The third-order valence-corrected chi connectivity index (χ3v) is 7.36. The van der Waals surface area contributed by atoms with Gasteiger partial charge in [-0.3, -0.25) is 4.79 Å². The summed E-state index contributed by atoms with van der Waals surface area (Å²) in [6.45, 7) is 3.57. The maximum atomic E-state index is 15.2. The second-order valence-corrected chi connectivity index (χ2v) is 9.58. The van der Waals surface area contributed by atoms with Gasteiger partial charge in [0.15, 0.2) is 0 Å². The molecule has 1 atom stereocenters. The second kappa shape index (κ2) is 8.98. The van der Waals surface area contributed by atoms with E-state index in [1.807, 2.05) is 24.3 Å². The number of aromatic amines is 2. The van der Waals surface area contributed by atoms with Crippen molar-refractivity contribution in [2.24, 2.45) is 5.92 Å². The van der Waals surface area contributed by atoms with E-state index in [0.29, 0.717) is 52.5 Å². The summed E-state index contributed by atoms with van der Waals surface area (Å²) in [7, 11) is 0. The van der Waals surface area contributed by atoms with Crippen molar-refractivity contribution >= 4 is 33.3 Å². The van der Waals surface area contributed by atoms with E-state index < -0.39 is 5.82 Å². The Balaban J connectivity index is 1.50. The molecule has 9 heteroatoms. The maximum absolute atomic E-state index is 15.2. The standard InChI is InChI=1S/C26H29FN6O2/c27-17-12-16-20(13-21(17)28-8-3-11-34)32-26(35)23(25-30-18-4-1-2-5-19(18)31-25)24(16)29-22-14-33-9-6-15(22)7-10-33/h1-2,4-5,12-13,15,22,28,34H,3,6-11,14H2,(H,30,31)(H2,29,32,35)/t22-/m0/s1. The Morgan fingerprint density at radius 2 is 1.97 bits per heavy atom. The maximum Gasteiger partial charge on any atom is 0.261 e. The molecule has 35 heavy (non-hydrogen) atoms. The lowest BCUT2D eigenvalue weighted by Gasteiger charge is -2.45. The number of benzene rings is 2. The number of hydrogen-bond donors (Lipinski definition) is 5. The molecule has 4 aromatic rings. The first kappa shape index (κ1) is 22.1. The topological polar surface area (TPSA) is 109 Å². The number of aliphatic hydroxyl groups is 1. The van der Waals surface area contributed by atoms with E-state index in [1.54, 1.807) is 6.07 Å². The van der Waals surface area contributed by atoms with Gasteiger partial charge in [0.25, 0.3) is 5.56 Å². The highest BCUT2D eigenvalue weighted by Crippen LogP contribution is 2.37. The van der Waals surface area contributed by atoms with Crippen molar-refractivity contribution in [2.45, 2.75) is 25.3 Å². The third-order valence-electron chi connectivity index (χ3n) is 7.36. The number of anilines is 2. The second-order valence-electron chi connectivity index (χ2n) is 9.58. The number of aliphatic hydroxyl groups excluding tert-OH is 1. The normalized spacial score (nSPS) is 21.6. The van der Waals surface area contributed by atoms with Gasteiger partial charge in [-0.25, -0.2) is 9.37 Å². The van der Waals surface area contributed by atoms with Crippen LogP contribution in [0.15, 0.2) is 41.2 Å². The first-order valence-electron chi connectivity index (χ1n) is 12.3. The van der Waals surface area contributed by atoms with E-state index in [0.717, 1.165) is 43.5 Å². The summed E-state index contributed by atoms with van der Waals surface area (Å²) in [5, 5.41) is 16.3. The van der Waals surface area contributed by atoms with Crippen molar-refractivity contribution in [1.82, 2.24) is 19.9 Å². The van der Waals surface area contributed by atoms with Crippen molar-refractivity contribution in [3.05, 3.63) is 52.6 Å². The number of hydrogen-bond acceptors (Lipinski definition) is 6. The summed E-state index contributed by atoms with van der Waals surface area (Å²) < 4.78 is 15.2. The third kappa shape index (κ3) is 4.04. The molecule has 5 heterocycles. The highest BCUT2D eigenvalue weighted by atomic mass is 19.1. The number of nitrogens with one attached hydrogen (secondary N) is 4. The van der Waals surface area contributed by atoms with E-state index in [1.165, 1.54) is 6.07 Å². The lowest BCUT2D eigenvalue weighted by Crippen LogP contribution is -2.53. The Hall–Kier alpha value is -3.43. The Labute approximate surface area is 201 Å². The number of imidazole rings is 1. The molecule has 3 saturated heterocycles. The van der Waals surface area contributed by atoms with Gasteiger partial charge in [0.1, 0.15) is 17.2 Å². The lowest BCUT2D eigenvalue weighted by molar-refractivity contribution is 0.0976. The van der Waals surface area contributed by atoms with Crippen molar-refractivity contribution in [1.29, 1.82) is 0 Å². The molecule has 0 radical (unpaired) electrons. The van der Waals surface area contributed by atoms with Gasteiger partial charge in [-0.15, -0.1) is 0 Å². The molecular weight excluding hydrogens is 447 g/mol. The SMILES string of the molecule is O=c1[nH]c2cc(NCCCO)c(F)cc2c(N[C@H]2CN3CCC2CC3)c1-c1nc2ccccc2[nH]1. The smallest absolute Gasteiger partial charge is 0.261 e. The van der Waals surface area contributed by atoms with E-state index in [2.05, 4.69) is 30.5 Å². The van der Waals surface area contributed by atoms with Crippen LogP contribution in [-0.2, 0) is 0 Å². The summed E-state index contributed by atoms with van der Waals surface area (Å²) in [6.07, 6.45) is 2.74. The van der Waals surface area contributed by atoms with Gasteiger partial charge < -0.3 is 30.6 Å². The molecule has 7 rings (SSSR count). The number of pyridine rings is 1. The summed E-state index contributed by atoms with van der Waals surface area (Å²) in [6, 6.07) is 10.9. The molecule has 3 aliphatic rings. The molecule has 2 bridgehead atoms. The Morgan fingerprint density at radius 3 is 2.71 bits per heavy atom. The minimum Gasteiger partial charge on any atom is -0.396 e. The van der Waals surface area contributed by atoms with Crippen LogP contribution in [-0.4, -0.2) is 63.8 Å². The highest BCUT2D eigenvalue weighted by molar-refractivity contribution is 6.00. The molecule has 2 aromatic carbocycles. The molecule has 5 N–H and O–H groups in total. The lowest BCUT2D eigenvalue weighted by atomic mass is 9.83. The van der Waals surface area contributed by atoms with Crippen LogP contribution in [0.2, 0.25) is 0 Å². The number of fused-ring (bicyclic) bond motifs is 5. The predicted octanol–water partition coefficient (Wildman–Crippen LogP) is 3.51. The van der Waals surface area contributed by atoms with Crippen molar-refractivity contribution < 1.29 is 9.50 Å². The Bertz CT molecular complexity index is 1410. The number of nitrogens with zero attached hydrogens (tertiary/aromatic N) is 2. The number of rotatable bonds is 7. The van der Waals surface area contributed by atoms with Gasteiger partial charge in [-0.2, -0.15) is 0 Å². The summed E-state index contributed by atoms with van der Waals surface area (Å²) in [5.41, 5.74) is 3.18. The molecule has 0 spiro atoms. The monoisotopic (exact) mass is 476 g/mol. The first-order chi connectivity index (χ1) is 17.1. The number of halogens is 1. The molecule has 2 aromatic heterocycles. The largest absolute Gasteiger partial charge is 0.396 e. The van der Waals surface area contributed by atoms with E-state index in [-0.39, 0.29) is 18.2 Å². The van der Waals surface area contributed by atoms with Crippen LogP contribution in [0, 0.1) is 11.7 Å². The Kier molecular flexibility index (Phi) is 5.66. The van der Waals surface area contributed by atoms with Gasteiger partial charge in [0.2, 0.25) is 0 Å². The van der Waals surface area contributed by atoms with Crippen LogP contribution in [0.3, 0.4) is 0 Å². The molecule has 0 saturated carbocycles. The number of para-hydroxylation sites is 2. The highest BCUT2D eigenvalue weighted by Gasteiger charge is 2.35. The zero-order chi connectivity index (χ0) is 23.9. The van der Waals surface area contributed by atoms with E-state index >= 15 is 4.39 Å². The minimum absolute atomic E-state index is 0.0214. The molecular formula is C26H29FN6O2. The molecule has 0 unspecified atom stereocenters. The average Bonchev–Trinajstić information content (AvgIpc) is 3.29. The van der Waals surface area contributed by atoms with Gasteiger partial charge in [-0.1, -0.05) is 12.1 Å². The molecule has 3 fully saturated rings. The van der Waals surface area contributed by atoms with Gasteiger partial charge in [0.05, 0.1) is 27.9 Å². The number of H-pyrrole nitrogens is 2. The molecule has 0 amide bonds. The minimum atomic E-state index is -0.407. The van der Waals surface area contributed by atoms with Crippen molar-refractivity contribution in [3.8, 4) is 11.4 Å². The fourth-order valence-corrected chi connectivity index (χ4v) is 5.52. The predicted molar refractivity (Wildman–Crippen MR) is 136 cm³/mol. The fourth-order valence-electron chi connectivity index (χ4n) is 5.52. The molecule has 3 aliphatic heterocycles. The Morgan fingerprint density at radius 1 is 1.14 bits per heavy atom. The van der Waals surface area contributed by atoms with Gasteiger partial charge in [0, 0.05) is 31.1 Å². The van der Waals surface area contributed by atoms with Crippen LogP contribution in [0.25, 0.3) is 33.3 Å². The van der Waals surface area contributed by atoms with Crippen LogP contribution < -0.4 is 16.2 Å². The van der Waals surface area contributed by atoms with E-state index in [9.17, 15) is 4.79 Å². The van der Waals surface area contributed by atoms with Crippen LogP contribution in [0.1, 0.15) is 19.3 Å². The fraction of sp³-hybridized carbons (Fsp3) is 0.385. The summed E-state index contributed by atoms with van der Waals surface area (Å²) in [4.78, 5) is 26.8. The van der Waals surface area contributed by atoms with Crippen LogP contribution in [0.5, 0.6) is 0 Å². The number of piperidine rings is 3. The zero-order valence-electron chi connectivity index (χ0n) is 19.4. The van der Waals surface area contributed by atoms with Crippen LogP contribution in [0.4, 0.5) is 15.8 Å². The van der Waals surface area contributed by atoms with Crippen molar-refractivity contribution in [3.63, 3.8) is 0 Å². The van der Waals surface area contributed by atoms with Gasteiger partial charge in [-0.05, 0) is 62.5 Å². The molecule has 0 aliphatic carbocycles. The number of aromatic nitrogens is 3. The quantitative estimate of drug-likeness (QED) is 0.261. The molecule has 182 valence electrons. The molecule has 8 nitrogen and oxygen atoms in total. The summed E-state index contributed by atoms with van der Waals surface area (Å²) >= 11 is 0. The average molecular weight is 477 g/mol.